The predicted molar refractivity (Wildman–Crippen MR) is 69.1 cm³/mol. The zero-order chi connectivity index (χ0) is 14.3. The fourth-order valence-electron chi connectivity index (χ4n) is 2.69. The largest absolute Gasteiger partial charge is 0.396 e. The number of aliphatic hydroxyl groups excluding tert-OH is 2. The molecule has 106 valence electrons. The molecule has 0 unspecified atom stereocenters. The highest BCUT2D eigenvalue weighted by atomic mass is 19.1. The van der Waals surface area contributed by atoms with Gasteiger partial charge in [0, 0.05) is 18.4 Å². The Kier molecular flexibility index (Phi) is 3.11. The summed E-state index contributed by atoms with van der Waals surface area (Å²) in [6.45, 7) is -0.603. The van der Waals surface area contributed by atoms with Crippen LogP contribution >= 0.6 is 0 Å². The molecule has 0 bridgehead atoms. The highest BCUT2D eigenvalue weighted by Crippen LogP contribution is 2.40. The van der Waals surface area contributed by atoms with Gasteiger partial charge in [0.25, 0.3) is 0 Å². The fourth-order valence-corrected chi connectivity index (χ4v) is 2.69. The van der Waals surface area contributed by atoms with Crippen LogP contribution in [0.25, 0.3) is 11.2 Å². The van der Waals surface area contributed by atoms with E-state index in [1.54, 1.807) is 4.57 Å². The van der Waals surface area contributed by atoms with Crippen molar-refractivity contribution < 1.29 is 14.6 Å². The van der Waals surface area contributed by atoms with E-state index in [-0.39, 0.29) is 19.0 Å². The molecule has 1 aliphatic carbocycles. The number of anilines is 1. The van der Waals surface area contributed by atoms with Gasteiger partial charge in [-0.25, -0.2) is 19.3 Å². The lowest BCUT2D eigenvalue weighted by molar-refractivity contribution is 0.119. The van der Waals surface area contributed by atoms with E-state index in [0.29, 0.717) is 11.2 Å². The summed E-state index contributed by atoms with van der Waals surface area (Å²) >= 11 is 0. The van der Waals surface area contributed by atoms with Crippen molar-refractivity contribution in [3.8, 4) is 0 Å². The van der Waals surface area contributed by atoms with E-state index in [1.807, 2.05) is 0 Å². The summed E-state index contributed by atoms with van der Waals surface area (Å²) < 4.78 is 15.5. The van der Waals surface area contributed by atoms with Gasteiger partial charge in [-0.05, 0) is 6.08 Å². The van der Waals surface area contributed by atoms with Crippen molar-refractivity contribution in [3.63, 3.8) is 0 Å². The molecular weight excluding hydrogens is 265 g/mol. The van der Waals surface area contributed by atoms with Crippen LogP contribution < -0.4 is 5.73 Å². The molecule has 0 spiro atoms. The third-order valence-corrected chi connectivity index (χ3v) is 3.76. The van der Waals surface area contributed by atoms with Crippen molar-refractivity contribution in [2.75, 3.05) is 18.9 Å². The molecule has 20 heavy (non-hydrogen) atoms. The summed E-state index contributed by atoms with van der Waals surface area (Å²) in [4.78, 5) is 12.1. The van der Waals surface area contributed by atoms with Gasteiger partial charge in [0.05, 0.1) is 19.0 Å². The monoisotopic (exact) mass is 279 g/mol. The van der Waals surface area contributed by atoms with Crippen LogP contribution in [0.5, 0.6) is 0 Å². The number of nitrogens with two attached hydrogens (primary N) is 1. The van der Waals surface area contributed by atoms with Crippen LogP contribution in [-0.4, -0.2) is 42.9 Å². The first-order valence-corrected chi connectivity index (χ1v) is 6.19. The minimum absolute atomic E-state index is 0.246. The van der Waals surface area contributed by atoms with Gasteiger partial charge in [0.1, 0.15) is 17.7 Å². The minimum atomic E-state index is -0.707. The molecule has 0 aromatic carbocycles. The molecule has 3 rings (SSSR count). The van der Waals surface area contributed by atoms with Gasteiger partial charge in [-0.3, -0.25) is 0 Å². The highest BCUT2D eigenvalue weighted by Gasteiger charge is 2.38. The van der Waals surface area contributed by atoms with E-state index in [0.717, 1.165) is 0 Å². The Balaban J connectivity index is 2.09. The van der Waals surface area contributed by atoms with Crippen molar-refractivity contribution in [1.82, 2.24) is 19.5 Å². The normalized spacial score (nSPS) is 26.1. The molecular formula is C12H14FN5O2. The number of nitrogens with zero attached hydrogens (tertiary/aromatic N) is 4. The van der Waals surface area contributed by atoms with E-state index in [2.05, 4.69) is 15.0 Å². The fraction of sp³-hybridized carbons (Fsp3) is 0.417. The average Bonchev–Trinajstić information content (AvgIpc) is 2.99. The number of nitrogen functional groups attached to an aromatic ring is 1. The van der Waals surface area contributed by atoms with E-state index < -0.39 is 23.7 Å². The first-order chi connectivity index (χ1) is 9.67. The molecule has 8 heteroatoms. The molecule has 2 heterocycles. The first kappa shape index (κ1) is 12.9. The molecule has 2 aromatic rings. The average molecular weight is 279 g/mol. The molecule has 0 amide bonds. The number of rotatable bonds is 3. The Bertz CT molecular complexity index is 671. The Morgan fingerprint density at radius 2 is 2.05 bits per heavy atom. The Morgan fingerprint density at radius 3 is 2.75 bits per heavy atom. The van der Waals surface area contributed by atoms with Gasteiger partial charge in [-0.2, -0.15) is 0 Å². The second-order valence-corrected chi connectivity index (χ2v) is 4.76. The zero-order valence-corrected chi connectivity index (χ0v) is 10.5. The molecule has 2 aromatic heterocycles. The maximum atomic E-state index is 13.8. The molecule has 1 aliphatic rings. The van der Waals surface area contributed by atoms with Crippen LogP contribution in [0.3, 0.4) is 0 Å². The lowest BCUT2D eigenvalue weighted by Gasteiger charge is -2.22. The Morgan fingerprint density at radius 1 is 1.25 bits per heavy atom. The van der Waals surface area contributed by atoms with Gasteiger partial charge in [0.2, 0.25) is 0 Å². The van der Waals surface area contributed by atoms with Crippen LogP contribution in [0, 0.1) is 11.8 Å². The standard InChI is InChI=1S/C12H14FN5O2/c13-8-1-9(7(3-20)6(8)2-19)18-5-17-10-11(14)15-4-16-12(10)18/h1,4-7,9,19-20H,2-3H2,(H2,14,15,16)/t6-,7-,9-/m1/s1. The molecule has 4 N–H and O–H groups in total. The van der Waals surface area contributed by atoms with Crippen molar-refractivity contribution in [3.05, 3.63) is 24.6 Å². The second kappa shape index (κ2) is 4.80. The molecule has 0 saturated carbocycles. The summed E-state index contributed by atoms with van der Waals surface area (Å²) in [7, 11) is 0. The third-order valence-electron chi connectivity index (χ3n) is 3.76. The first-order valence-electron chi connectivity index (χ1n) is 6.19. The van der Waals surface area contributed by atoms with E-state index in [1.165, 1.54) is 18.7 Å². The van der Waals surface area contributed by atoms with Crippen LogP contribution in [0.1, 0.15) is 6.04 Å². The quantitative estimate of drug-likeness (QED) is 0.731. The number of aliphatic hydroxyl groups is 2. The topological polar surface area (TPSA) is 110 Å². The van der Waals surface area contributed by atoms with Crippen LogP contribution in [0.15, 0.2) is 24.6 Å². The van der Waals surface area contributed by atoms with Gasteiger partial charge in [0.15, 0.2) is 11.5 Å². The molecule has 7 nitrogen and oxygen atoms in total. The minimum Gasteiger partial charge on any atom is -0.396 e. The molecule has 3 atom stereocenters. The lowest BCUT2D eigenvalue weighted by Crippen LogP contribution is -2.25. The van der Waals surface area contributed by atoms with Crippen molar-refractivity contribution >= 4 is 17.0 Å². The van der Waals surface area contributed by atoms with Crippen molar-refractivity contribution in [1.29, 1.82) is 0 Å². The summed E-state index contributed by atoms with van der Waals surface area (Å²) in [5.74, 6) is -1.36. The van der Waals surface area contributed by atoms with Crippen LogP contribution in [-0.2, 0) is 0 Å². The number of imidazole rings is 1. The predicted octanol–water partition coefficient (Wildman–Crippen LogP) is 0.0336. The number of aromatic nitrogens is 4. The van der Waals surface area contributed by atoms with Gasteiger partial charge in [-0.15, -0.1) is 0 Å². The van der Waals surface area contributed by atoms with Gasteiger partial charge >= 0.3 is 0 Å². The SMILES string of the molecule is Nc1ncnc2c1ncn2[C@@H]1C=C(F)[C@H](CO)[C@H]1CO. The Hall–Kier alpha value is -2.06. The summed E-state index contributed by atoms with van der Waals surface area (Å²) in [5, 5.41) is 18.7. The summed E-state index contributed by atoms with van der Waals surface area (Å²) in [5.41, 5.74) is 6.62. The van der Waals surface area contributed by atoms with Crippen LogP contribution in [0.2, 0.25) is 0 Å². The van der Waals surface area contributed by atoms with Gasteiger partial charge < -0.3 is 20.5 Å². The molecule has 0 fully saturated rings. The maximum Gasteiger partial charge on any atom is 0.165 e. The number of hydrogen-bond donors (Lipinski definition) is 3. The summed E-state index contributed by atoms with van der Waals surface area (Å²) in [6, 6.07) is -0.462. The van der Waals surface area contributed by atoms with E-state index in [9.17, 15) is 14.6 Å². The molecule has 0 radical (unpaired) electrons. The van der Waals surface area contributed by atoms with Gasteiger partial charge in [-0.1, -0.05) is 0 Å². The molecule has 0 saturated heterocycles. The third kappa shape index (κ3) is 1.76. The number of fused-ring (bicyclic) bond motifs is 1. The number of halogens is 1. The zero-order valence-electron chi connectivity index (χ0n) is 10.5. The second-order valence-electron chi connectivity index (χ2n) is 4.76. The smallest absolute Gasteiger partial charge is 0.165 e. The lowest BCUT2D eigenvalue weighted by atomic mass is 9.93. The summed E-state index contributed by atoms with van der Waals surface area (Å²) in [6.07, 6.45) is 4.18. The van der Waals surface area contributed by atoms with Crippen LogP contribution in [0.4, 0.5) is 10.2 Å². The number of hydrogen-bond acceptors (Lipinski definition) is 6. The van der Waals surface area contributed by atoms with Crippen molar-refractivity contribution in [2.45, 2.75) is 6.04 Å². The molecule has 0 aliphatic heterocycles. The maximum absolute atomic E-state index is 13.8. The van der Waals surface area contributed by atoms with Crippen molar-refractivity contribution in [2.24, 2.45) is 11.8 Å². The number of allylic oxidation sites excluding steroid dienone is 1. The van der Waals surface area contributed by atoms with E-state index >= 15 is 0 Å². The highest BCUT2D eigenvalue weighted by molar-refractivity contribution is 5.81. The van der Waals surface area contributed by atoms with E-state index in [4.69, 9.17) is 5.73 Å². The Labute approximate surface area is 113 Å².